The number of carbonyl (C=O) groups is 1. The maximum absolute atomic E-state index is 11.1. The summed E-state index contributed by atoms with van der Waals surface area (Å²) < 4.78 is 0. The molecule has 3 N–H and O–H groups in total. The number of thiophene rings is 1. The zero-order chi connectivity index (χ0) is 12.7. The lowest BCUT2D eigenvalue weighted by Crippen LogP contribution is -2.42. The largest absolute Gasteiger partial charge is 0.358 e. The molecular weight excluding hydrogens is 363 g/mol. The van der Waals surface area contributed by atoms with E-state index in [9.17, 15) is 4.79 Å². The summed E-state index contributed by atoms with van der Waals surface area (Å²) in [6.07, 6.45) is 0. The summed E-state index contributed by atoms with van der Waals surface area (Å²) in [5, 5.41) is 10.7. The van der Waals surface area contributed by atoms with Crippen LogP contribution in [0.4, 0.5) is 0 Å². The summed E-state index contributed by atoms with van der Waals surface area (Å²) >= 11 is 1.71. The third-order valence-corrected chi connectivity index (χ3v) is 3.33. The third kappa shape index (κ3) is 5.67. The van der Waals surface area contributed by atoms with Gasteiger partial charge in [-0.15, -0.1) is 35.3 Å². The first-order chi connectivity index (χ1) is 8.17. The van der Waals surface area contributed by atoms with Gasteiger partial charge in [0.15, 0.2) is 5.96 Å². The van der Waals surface area contributed by atoms with Crippen LogP contribution in [0.3, 0.4) is 0 Å². The van der Waals surface area contributed by atoms with Gasteiger partial charge in [0.05, 0.1) is 13.1 Å². The monoisotopic (exact) mass is 382 g/mol. The van der Waals surface area contributed by atoms with Gasteiger partial charge in [-0.25, -0.2) is 0 Å². The number of halogens is 1. The number of guanidine groups is 1. The summed E-state index contributed by atoms with van der Waals surface area (Å²) in [7, 11) is 3.29. The molecule has 0 saturated carbocycles. The lowest BCUT2D eigenvalue weighted by Gasteiger charge is -2.10. The van der Waals surface area contributed by atoms with Crippen molar-refractivity contribution in [1.29, 1.82) is 0 Å². The minimum atomic E-state index is -0.0692. The molecule has 0 aliphatic heterocycles. The average Bonchev–Trinajstić information content (AvgIpc) is 2.75. The summed E-state index contributed by atoms with van der Waals surface area (Å²) in [6.45, 7) is 3.02. The van der Waals surface area contributed by atoms with Gasteiger partial charge in [0.2, 0.25) is 5.91 Å². The van der Waals surface area contributed by atoms with Crippen molar-refractivity contribution in [2.24, 2.45) is 4.99 Å². The van der Waals surface area contributed by atoms with Gasteiger partial charge in [-0.05, 0) is 23.9 Å². The van der Waals surface area contributed by atoms with E-state index in [0.717, 1.165) is 6.54 Å². The molecule has 0 aliphatic carbocycles. The zero-order valence-electron chi connectivity index (χ0n) is 10.7. The molecule has 1 aromatic rings. The molecule has 0 aliphatic rings. The molecule has 0 radical (unpaired) electrons. The number of likely N-dealkylation sites (N-methyl/N-ethyl adjacent to an activating group) is 1. The van der Waals surface area contributed by atoms with Crippen LogP contribution in [0.1, 0.15) is 10.4 Å². The molecule has 7 heteroatoms. The van der Waals surface area contributed by atoms with E-state index in [0.29, 0.717) is 5.96 Å². The van der Waals surface area contributed by atoms with Gasteiger partial charge in [-0.2, -0.15) is 0 Å². The fourth-order valence-electron chi connectivity index (χ4n) is 1.22. The van der Waals surface area contributed by atoms with Crippen molar-refractivity contribution in [3.05, 3.63) is 21.9 Å². The number of amides is 1. The zero-order valence-corrected chi connectivity index (χ0v) is 13.9. The minimum absolute atomic E-state index is 0. The van der Waals surface area contributed by atoms with E-state index in [4.69, 9.17) is 0 Å². The molecule has 1 heterocycles. The SMILES string of the molecule is CN=C(NCC(=O)NC)NCc1sccc1C.I. The quantitative estimate of drug-likeness (QED) is 0.415. The van der Waals surface area contributed by atoms with Gasteiger partial charge in [-0.3, -0.25) is 9.79 Å². The number of carbonyl (C=O) groups excluding carboxylic acids is 1. The van der Waals surface area contributed by atoms with Crippen LogP contribution in [0.2, 0.25) is 0 Å². The Kier molecular flexibility index (Phi) is 8.73. The second-order valence-corrected chi connectivity index (χ2v) is 4.48. The second kappa shape index (κ2) is 9.15. The van der Waals surface area contributed by atoms with Crippen molar-refractivity contribution in [1.82, 2.24) is 16.0 Å². The van der Waals surface area contributed by atoms with Gasteiger partial charge in [0.25, 0.3) is 0 Å². The number of rotatable bonds is 4. The van der Waals surface area contributed by atoms with Crippen molar-refractivity contribution in [3.8, 4) is 0 Å². The number of aliphatic imine (C=N–C) groups is 1. The number of aryl methyl sites for hydroxylation is 1. The van der Waals surface area contributed by atoms with Crippen LogP contribution in [0.15, 0.2) is 16.4 Å². The Morgan fingerprint density at radius 3 is 2.67 bits per heavy atom. The normalized spacial score (nSPS) is 10.5. The van der Waals surface area contributed by atoms with Gasteiger partial charge in [0, 0.05) is 19.0 Å². The van der Waals surface area contributed by atoms with E-state index in [1.54, 1.807) is 25.4 Å². The number of hydrogen-bond acceptors (Lipinski definition) is 3. The van der Waals surface area contributed by atoms with Gasteiger partial charge < -0.3 is 16.0 Å². The van der Waals surface area contributed by atoms with Crippen molar-refractivity contribution in [2.75, 3.05) is 20.6 Å². The fourth-order valence-corrected chi connectivity index (χ4v) is 2.07. The molecule has 0 aromatic carbocycles. The maximum Gasteiger partial charge on any atom is 0.239 e. The Labute approximate surface area is 128 Å². The Balaban J connectivity index is 0.00000289. The molecule has 102 valence electrons. The maximum atomic E-state index is 11.1. The molecule has 1 amide bonds. The van der Waals surface area contributed by atoms with Crippen molar-refractivity contribution in [3.63, 3.8) is 0 Å². The minimum Gasteiger partial charge on any atom is -0.358 e. The molecule has 0 bridgehead atoms. The van der Waals surface area contributed by atoms with Crippen molar-refractivity contribution < 1.29 is 4.79 Å². The highest BCUT2D eigenvalue weighted by atomic mass is 127. The summed E-state index contributed by atoms with van der Waals surface area (Å²) in [5.41, 5.74) is 1.27. The molecule has 1 aromatic heterocycles. The Morgan fingerprint density at radius 2 is 2.17 bits per heavy atom. The topological polar surface area (TPSA) is 65.5 Å². The highest BCUT2D eigenvalue weighted by Crippen LogP contribution is 2.14. The standard InChI is InChI=1S/C11H18N4OS.HI/c1-8-4-5-17-9(8)6-14-11(13-3)15-7-10(16)12-2;/h4-5H,6-7H2,1-3H3,(H,12,16)(H2,13,14,15);1H. The Bertz CT molecular complexity index is 406. The van der Waals surface area contributed by atoms with Crippen molar-refractivity contribution in [2.45, 2.75) is 13.5 Å². The van der Waals surface area contributed by atoms with E-state index in [1.165, 1.54) is 10.4 Å². The summed E-state index contributed by atoms with van der Waals surface area (Å²) in [6, 6.07) is 2.09. The second-order valence-electron chi connectivity index (χ2n) is 3.48. The lowest BCUT2D eigenvalue weighted by molar-refractivity contribution is -0.119. The predicted octanol–water partition coefficient (Wildman–Crippen LogP) is 1.09. The Morgan fingerprint density at radius 1 is 1.44 bits per heavy atom. The van der Waals surface area contributed by atoms with Gasteiger partial charge >= 0.3 is 0 Å². The van der Waals surface area contributed by atoms with Gasteiger partial charge in [0.1, 0.15) is 0 Å². The van der Waals surface area contributed by atoms with E-state index in [2.05, 4.69) is 39.3 Å². The van der Waals surface area contributed by atoms with Crippen LogP contribution in [0.5, 0.6) is 0 Å². The first-order valence-corrected chi connectivity index (χ1v) is 6.23. The molecule has 18 heavy (non-hydrogen) atoms. The average molecular weight is 382 g/mol. The summed E-state index contributed by atoms with van der Waals surface area (Å²) in [4.78, 5) is 16.4. The van der Waals surface area contributed by atoms with E-state index < -0.39 is 0 Å². The Hall–Kier alpha value is -0.830. The first-order valence-electron chi connectivity index (χ1n) is 5.35. The number of hydrogen-bond donors (Lipinski definition) is 3. The predicted molar refractivity (Wildman–Crippen MR) is 86.7 cm³/mol. The van der Waals surface area contributed by atoms with E-state index in [-0.39, 0.29) is 36.4 Å². The summed E-state index contributed by atoms with van der Waals surface area (Å²) in [5.74, 6) is 0.557. The molecule has 0 atom stereocenters. The van der Waals surface area contributed by atoms with Crippen LogP contribution in [0, 0.1) is 6.92 Å². The number of nitrogens with zero attached hydrogens (tertiary/aromatic N) is 1. The molecule has 0 fully saturated rings. The van der Waals surface area contributed by atoms with Crippen LogP contribution >= 0.6 is 35.3 Å². The van der Waals surface area contributed by atoms with E-state index in [1.807, 2.05) is 0 Å². The van der Waals surface area contributed by atoms with Crippen molar-refractivity contribution >= 4 is 47.2 Å². The molecule has 0 spiro atoms. The van der Waals surface area contributed by atoms with Crippen LogP contribution < -0.4 is 16.0 Å². The third-order valence-electron chi connectivity index (χ3n) is 2.30. The highest BCUT2D eigenvalue weighted by Gasteiger charge is 2.03. The van der Waals surface area contributed by atoms with Crippen LogP contribution in [0.25, 0.3) is 0 Å². The molecule has 5 nitrogen and oxygen atoms in total. The molecule has 0 saturated heterocycles. The lowest BCUT2D eigenvalue weighted by atomic mass is 10.3. The van der Waals surface area contributed by atoms with E-state index >= 15 is 0 Å². The van der Waals surface area contributed by atoms with Crippen LogP contribution in [-0.4, -0.2) is 32.5 Å². The number of nitrogens with one attached hydrogen (secondary N) is 3. The molecule has 0 unspecified atom stereocenters. The molecular formula is C11H19IN4OS. The first kappa shape index (κ1) is 17.2. The van der Waals surface area contributed by atoms with Gasteiger partial charge in [-0.1, -0.05) is 0 Å². The van der Waals surface area contributed by atoms with Crippen LogP contribution in [-0.2, 0) is 11.3 Å². The molecule has 1 rings (SSSR count). The fraction of sp³-hybridized carbons (Fsp3) is 0.455. The smallest absolute Gasteiger partial charge is 0.239 e. The highest BCUT2D eigenvalue weighted by molar-refractivity contribution is 14.0.